The number of hydrogen-bond acceptors (Lipinski definition) is 3. The zero-order valence-electron chi connectivity index (χ0n) is 13.5. The SMILES string of the molecule is CCCCOc1ccccc1CNc1ccccc1OCC. The fourth-order valence-corrected chi connectivity index (χ4v) is 2.20. The second-order valence-corrected chi connectivity index (χ2v) is 5.09. The van der Waals surface area contributed by atoms with Gasteiger partial charge in [-0.25, -0.2) is 0 Å². The van der Waals surface area contributed by atoms with Crippen molar-refractivity contribution in [3.63, 3.8) is 0 Å². The molecular weight excluding hydrogens is 274 g/mol. The largest absolute Gasteiger partial charge is 0.493 e. The van der Waals surface area contributed by atoms with Crippen molar-refractivity contribution in [2.75, 3.05) is 18.5 Å². The Morgan fingerprint density at radius 2 is 1.59 bits per heavy atom. The van der Waals surface area contributed by atoms with Gasteiger partial charge in [-0.05, 0) is 31.5 Å². The van der Waals surface area contributed by atoms with E-state index in [0.29, 0.717) is 13.2 Å². The van der Waals surface area contributed by atoms with E-state index in [-0.39, 0.29) is 0 Å². The maximum atomic E-state index is 5.87. The molecule has 0 amide bonds. The highest BCUT2D eigenvalue weighted by Crippen LogP contribution is 2.26. The molecule has 3 heteroatoms. The molecule has 3 nitrogen and oxygen atoms in total. The first kappa shape index (κ1) is 16.2. The Morgan fingerprint density at radius 1 is 0.864 bits per heavy atom. The zero-order chi connectivity index (χ0) is 15.6. The summed E-state index contributed by atoms with van der Waals surface area (Å²) in [6, 6.07) is 16.2. The van der Waals surface area contributed by atoms with Crippen molar-refractivity contribution < 1.29 is 9.47 Å². The van der Waals surface area contributed by atoms with E-state index in [2.05, 4.69) is 18.3 Å². The minimum Gasteiger partial charge on any atom is -0.493 e. The Labute approximate surface area is 133 Å². The molecule has 0 saturated heterocycles. The molecule has 0 aliphatic heterocycles. The second kappa shape index (κ2) is 8.98. The molecule has 0 saturated carbocycles. The molecule has 0 unspecified atom stereocenters. The van der Waals surface area contributed by atoms with Crippen LogP contribution in [0.15, 0.2) is 48.5 Å². The quantitative estimate of drug-likeness (QED) is 0.670. The highest BCUT2D eigenvalue weighted by molar-refractivity contribution is 5.56. The lowest BCUT2D eigenvalue weighted by Crippen LogP contribution is -2.05. The van der Waals surface area contributed by atoms with Gasteiger partial charge in [-0.3, -0.25) is 0 Å². The third-order valence-corrected chi connectivity index (χ3v) is 3.38. The maximum Gasteiger partial charge on any atom is 0.142 e. The topological polar surface area (TPSA) is 30.5 Å². The molecule has 0 aromatic heterocycles. The van der Waals surface area contributed by atoms with Gasteiger partial charge in [-0.15, -0.1) is 0 Å². The average molecular weight is 299 g/mol. The fourth-order valence-electron chi connectivity index (χ4n) is 2.20. The van der Waals surface area contributed by atoms with Crippen molar-refractivity contribution in [3.05, 3.63) is 54.1 Å². The van der Waals surface area contributed by atoms with Crippen molar-refractivity contribution in [2.24, 2.45) is 0 Å². The summed E-state index contributed by atoms with van der Waals surface area (Å²) in [5, 5.41) is 3.44. The van der Waals surface area contributed by atoms with Crippen molar-refractivity contribution >= 4 is 5.69 Å². The third kappa shape index (κ3) is 4.69. The van der Waals surface area contributed by atoms with E-state index in [1.807, 2.05) is 49.4 Å². The number of para-hydroxylation sites is 3. The first-order valence-corrected chi connectivity index (χ1v) is 8.01. The molecule has 0 aliphatic rings. The summed E-state index contributed by atoms with van der Waals surface area (Å²) in [5.74, 6) is 1.84. The minimum atomic E-state index is 0.662. The van der Waals surface area contributed by atoms with Gasteiger partial charge in [0.1, 0.15) is 11.5 Å². The zero-order valence-corrected chi connectivity index (χ0v) is 13.5. The summed E-state index contributed by atoms with van der Waals surface area (Å²) < 4.78 is 11.5. The van der Waals surface area contributed by atoms with Crippen LogP contribution in [0.5, 0.6) is 11.5 Å². The number of hydrogen-bond donors (Lipinski definition) is 1. The van der Waals surface area contributed by atoms with Crippen LogP contribution in [0.2, 0.25) is 0 Å². The molecule has 1 N–H and O–H groups in total. The first-order chi connectivity index (χ1) is 10.8. The summed E-state index contributed by atoms with van der Waals surface area (Å²) in [7, 11) is 0. The predicted molar refractivity (Wildman–Crippen MR) is 91.8 cm³/mol. The van der Waals surface area contributed by atoms with Crippen LogP contribution in [0, 0.1) is 0 Å². The number of nitrogens with one attached hydrogen (secondary N) is 1. The number of rotatable bonds is 9. The van der Waals surface area contributed by atoms with E-state index < -0.39 is 0 Å². The monoisotopic (exact) mass is 299 g/mol. The third-order valence-electron chi connectivity index (χ3n) is 3.38. The van der Waals surface area contributed by atoms with Crippen LogP contribution >= 0.6 is 0 Å². The molecule has 118 valence electrons. The molecular formula is C19H25NO2. The number of benzene rings is 2. The van der Waals surface area contributed by atoms with Crippen LogP contribution in [-0.2, 0) is 6.54 Å². The van der Waals surface area contributed by atoms with Crippen LogP contribution in [-0.4, -0.2) is 13.2 Å². The summed E-state index contributed by atoms with van der Waals surface area (Å²) >= 11 is 0. The average Bonchev–Trinajstić information content (AvgIpc) is 2.56. The van der Waals surface area contributed by atoms with Gasteiger partial charge in [0.05, 0.1) is 18.9 Å². The van der Waals surface area contributed by atoms with Crippen LogP contribution in [0.3, 0.4) is 0 Å². The van der Waals surface area contributed by atoms with Crippen LogP contribution in [0.25, 0.3) is 0 Å². The van der Waals surface area contributed by atoms with Crippen molar-refractivity contribution in [2.45, 2.75) is 33.2 Å². The number of unbranched alkanes of at least 4 members (excludes halogenated alkanes) is 1. The minimum absolute atomic E-state index is 0.662. The van der Waals surface area contributed by atoms with Gasteiger partial charge in [0.25, 0.3) is 0 Å². The Morgan fingerprint density at radius 3 is 2.36 bits per heavy atom. The van der Waals surface area contributed by atoms with Gasteiger partial charge in [0, 0.05) is 12.1 Å². The second-order valence-electron chi connectivity index (χ2n) is 5.09. The van der Waals surface area contributed by atoms with Crippen molar-refractivity contribution in [1.29, 1.82) is 0 Å². The molecule has 2 aromatic carbocycles. The summed E-state index contributed by atoms with van der Waals surface area (Å²) in [6.07, 6.45) is 2.22. The summed E-state index contributed by atoms with van der Waals surface area (Å²) in [4.78, 5) is 0. The van der Waals surface area contributed by atoms with E-state index in [1.54, 1.807) is 0 Å². The molecule has 2 aromatic rings. The Hall–Kier alpha value is -2.16. The van der Waals surface area contributed by atoms with E-state index >= 15 is 0 Å². The summed E-state index contributed by atoms with van der Waals surface area (Å²) in [6.45, 7) is 6.31. The highest BCUT2D eigenvalue weighted by atomic mass is 16.5. The number of ether oxygens (including phenoxy) is 2. The normalized spacial score (nSPS) is 10.3. The fraction of sp³-hybridized carbons (Fsp3) is 0.368. The predicted octanol–water partition coefficient (Wildman–Crippen LogP) is 4.88. The van der Waals surface area contributed by atoms with Crippen LogP contribution in [0.4, 0.5) is 5.69 Å². The Balaban J connectivity index is 2.02. The molecule has 0 aliphatic carbocycles. The van der Waals surface area contributed by atoms with Gasteiger partial charge >= 0.3 is 0 Å². The molecule has 0 spiro atoms. The highest BCUT2D eigenvalue weighted by Gasteiger charge is 2.05. The molecule has 0 heterocycles. The van der Waals surface area contributed by atoms with Crippen molar-refractivity contribution in [1.82, 2.24) is 0 Å². The van der Waals surface area contributed by atoms with Gasteiger partial charge in [-0.2, -0.15) is 0 Å². The molecule has 22 heavy (non-hydrogen) atoms. The van der Waals surface area contributed by atoms with E-state index in [0.717, 1.165) is 42.2 Å². The van der Waals surface area contributed by atoms with Crippen LogP contribution in [0.1, 0.15) is 32.3 Å². The lowest BCUT2D eigenvalue weighted by molar-refractivity contribution is 0.306. The Bertz CT molecular complexity index is 569. The molecule has 0 atom stereocenters. The lowest BCUT2D eigenvalue weighted by Gasteiger charge is -2.15. The maximum absolute atomic E-state index is 5.87. The standard InChI is InChI=1S/C19H25NO2/c1-3-5-14-22-18-12-8-6-10-16(18)15-20-17-11-7-9-13-19(17)21-4-2/h6-13,20H,3-5,14-15H2,1-2H3. The van der Waals surface area contributed by atoms with Gasteiger partial charge in [-0.1, -0.05) is 43.7 Å². The van der Waals surface area contributed by atoms with E-state index in [4.69, 9.17) is 9.47 Å². The Kier molecular flexibility index (Phi) is 6.62. The van der Waals surface area contributed by atoms with Crippen molar-refractivity contribution in [3.8, 4) is 11.5 Å². The molecule has 2 rings (SSSR count). The molecule has 0 radical (unpaired) electrons. The smallest absolute Gasteiger partial charge is 0.142 e. The van der Waals surface area contributed by atoms with Gasteiger partial charge < -0.3 is 14.8 Å². The van der Waals surface area contributed by atoms with Gasteiger partial charge in [0.2, 0.25) is 0 Å². The lowest BCUT2D eigenvalue weighted by atomic mass is 10.2. The molecule has 0 bridgehead atoms. The number of anilines is 1. The van der Waals surface area contributed by atoms with Crippen LogP contribution < -0.4 is 14.8 Å². The van der Waals surface area contributed by atoms with E-state index in [9.17, 15) is 0 Å². The summed E-state index contributed by atoms with van der Waals surface area (Å²) in [5.41, 5.74) is 2.16. The molecule has 0 fully saturated rings. The first-order valence-electron chi connectivity index (χ1n) is 8.01. The van der Waals surface area contributed by atoms with Gasteiger partial charge in [0.15, 0.2) is 0 Å². The van der Waals surface area contributed by atoms with E-state index in [1.165, 1.54) is 0 Å².